The number of nitrogen functional groups attached to an aromatic ring is 1. The van der Waals surface area contributed by atoms with Crippen molar-refractivity contribution in [1.29, 1.82) is 0 Å². The Morgan fingerprint density at radius 2 is 1.73 bits per heavy atom. The summed E-state index contributed by atoms with van der Waals surface area (Å²) in [5, 5.41) is 2.70. The molecule has 0 spiro atoms. The number of ether oxygens (including phenoxy) is 1. The highest BCUT2D eigenvalue weighted by atomic mass is 16.5. The molecule has 0 aliphatic heterocycles. The molecule has 0 bridgehead atoms. The van der Waals surface area contributed by atoms with E-state index in [2.05, 4.69) is 5.32 Å². The number of amides is 1. The SMILES string of the molecule is COC(=O)[C@H](Cc1ccc(N)cc1)NC(=O)c1ccccc1. The zero-order valence-electron chi connectivity index (χ0n) is 12.3. The number of anilines is 1. The molecule has 1 atom stereocenters. The topological polar surface area (TPSA) is 81.4 Å². The van der Waals surface area contributed by atoms with Gasteiger partial charge in [-0.15, -0.1) is 0 Å². The molecule has 2 aromatic rings. The van der Waals surface area contributed by atoms with E-state index in [1.165, 1.54) is 7.11 Å². The number of nitrogens with one attached hydrogen (secondary N) is 1. The van der Waals surface area contributed by atoms with Gasteiger partial charge in [-0.3, -0.25) is 4.79 Å². The average Bonchev–Trinajstić information content (AvgIpc) is 2.56. The van der Waals surface area contributed by atoms with Crippen LogP contribution in [-0.2, 0) is 16.0 Å². The number of hydrogen-bond donors (Lipinski definition) is 2. The fourth-order valence-corrected chi connectivity index (χ4v) is 2.06. The third-order valence-corrected chi connectivity index (χ3v) is 3.25. The van der Waals surface area contributed by atoms with E-state index in [0.717, 1.165) is 5.56 Å². The van der Waals surface area contributed by atoms with Gasteiger partial charge in [-0.05, 0) is 29.8 Å². The lowest BCUT2D eigenvalue weighted by atomic mass is 10.0. The summed E-state index contributed by atoms with van der Waals surface area (Å²) in [5.74, 6) is -0.799. The Morgan fingerprint density at radius 1 is 1.09 bits per heavy atom. The van der Waals surface area contributed by atoms with Crippen LogP contribution in [0.4, 0.5) is 5.69 Å². The van der Waals surface area contributed by atoms with E-state index in [-0.39, 0.29) is 5.91 Å². The second-order valence-corrected chi connectivity index (χ2v) is 4.86. The van der Waals surface area contributed by atoms with Gasteiger partial charge in [0.15, 0.2) is 0 Å². The maximum absolute atomic E-state index is 12.2. The molecule has 114 valence electrons. The Bertz CT molecular complexity index is 639. The average molecular weight is 298 g/mol. The predicted octanol–water partition coefficient (Wildman–Crippen LogP) is 1.78. The summed E-state index contributed by atoms with van der Waals surface area (Å²) < 4.78 is 4.77. The Balaban J connectivity index is 2.11. The van der Waals surface area contributed by atoms with E-state index in [0.29, 0.717) is 17.7 Å². The monoisotopic (exact) mass is 298 g/mol. The van der Waals surface area contributed by atoms with Crippen molar-refractivity contribution in [3.63, 3.8) is 0 Å². The number of rotatable bonds is 5. The molecule has 5 nitrogen and oxygen atoms in total. The van der Waals surface area contributed by atoms with Gasteiger partial charge in [-0.2, -0.15) is 0 Å². The van der Waals surface area contributed by atoms with Crippen LogP contribution in [0, 0.1) is 0 Å². The molecule has 2 rings (SSSR count). The van der Waals surface area contributed by atoms with Crippen LogP contribution >= 0.6 is 0 Å². The molecule has 0 fully saturated rings. The number of carbonyl (C=O) groups excluding carboxylic acids is 2. The molecule has 2 aromatic carbocycles. The molecule has 3 N–H and O–H groups in total. The molecule has 5 heteroatoms. The number of methoxy groups -OCH3 is 1. The van der Waals surface area contributed by atoms with E-state index in [1.807, 2.05) is 18.2 Å². The standard InChI is InChI=1S/C17H18N2O3/c1-22-17(21)15(11-12-7-9-14(18)10-8-12)19-16(20)13-5-3-2-4-6-13/h2-10,15H,11,18H2,1H3,(H,19,20)/t15-/m0/s1. The van der Waals surface area contributed by atoms with E-state index >= 15 is 0 Å². The second kappa shape index (κ2) is 7.26. The molecule has 0 aliphatic rings. The normalized spacial score (nSPS) is 11.5. The Hall–Kier alpha value is -2.82. The summed E-state index contributed by atoms with van der Waals surface area (Å²) in [6.45, 7) is 0. The van der Waals surface area contributed by atoms with Gasteiger partial charge < -0.3 is 15.8 Å². The molecular weight excluding hydrogens is 280 g/mol. The molecule has 0 heterocycles. The Kier molecular flexibility index (Phi) is 5.14. The van der Waals surface area contributed by atoms with Gasteiger partial charge in [0.05, 0.1) is 7.11 Å². The molecular formula is C17H18N2O3. The molecule has 0 aromatic heterocycles. The number of nitrogens with two attached hydrogens (primary N) is 1. The van der Waals surface area contributed by atoms with E-state index in [4.69, 9.17) is 10.5 Å². The second-order valence-electron chi connectivity index (χ2n) is 4.86. The van der Waals surface area contributed by atoms with Crippen LogP contribution in [0.3, 0.4) is 0 Å². The Morgan fingerprint density at radius 3 is 2.32 bits per heavy atom. The fraction of sp³-hybridized carbons (Fsp3) is 0.176. The summed E-state index contributed by atoms with van der Waals surface area (Å²) in [4.78, 5) is 24.1. The van der Waals surface area contributed by atoms with Crippen LogP contribution in [0.25, 0.3) is 0 Å². The summed E-state index contributed by atoms with van der Waals surface area (Å²) in [5.41, 5.74) is 7.67. The van der Waals surface area contributed by atoms with Gasteiger partial charge in [-0.25, -0.2) is 4.79 Å². The molecule has 0 unspecified atom stereocenters. The van der Waals surface area contributed by atoms with Crippen molar-refractivity contribution in [2.24, 2.45) is 0 Å². The van der Waals surface area contributed by atoms with Crippen molar-refractivity contribution in [2.45, 2.75) is 12.5 Å². The van der Waals surface area contributed by atoms with E-state index in [9.17, 15) is 9.59 Å². The minimum atomic E-state index is -0.749. The van der Waals surface area contributed by atoms with Crippen LogP contribution in [-0.4, -0.2) is 25.0 Å². The van der Waals surface area contributed by atoms with E-state index < -0.39 is 12.0 Å². The maximum atomic E-state index is 12.2. The lowest BCUT2D eigenvalue weighted by Gasteiger charge is -2.16. The van der Waals surface area contributed by atoms with Crippen molar-refractivity contribution in [3.05, 3.63) is 65.7 Å². The van der Waals surface area contributed by atoms with Crippen molar-refractivity contribution >= 4 is 17.6 Å². The maximum Gasteiger partial charge on any atom is 0.328 e. The minimum Gasteiger partial charge on any atom is -0.467 e. The summed E-state index contributed by atoms with van der Waals surface area (Å²) >= 11 is 0. The lowest BCUT2D eigenvalue weighted by Crippen LogP contribution is -2.43. The van der Waals surface area contributed by atoms with Crippen LogP contribution in [0.5, 0.6) is 0 Å². The number of carbonyl (C=O) groups is 2. The number of esters is 1. The van der Waals surface area contributed by atoms with Crippen LogP contribution in [0.15, 0.2) is 54.6 Å². The van der Waals surface area contributed by atoms with Crippen molar-refractivity contribution in [1.82, 2.24) is 5.32 Å². The third kappa shape index (κ3) is 4.09. The smallest absolute Gasteiger partial charge is 0.328 e. The predicted molar refractivity (Wildman–Crippen MR) is 84.3 cm³/mol. The van der Waals surface area contributed by atoms with Crippen molar-refractivity contribution in [3.8, 4) is 0 Å². The van der Waals surface area contributed by atoms with Gasteiger partial charge in [0.2, 0.25) is 0 Å². The highest BCUT2D eigenvalue weighted by Crippen LogP contribution is 2.09. The molecule has 1 amide bonds. The van der Waals surface area contributed by atoms with Gasteiger partial charge in [-0.1, -0.05) is 30.3 Å². The summed E-state index contributed by atoms with van der Waals surface area (Å²) in [6.07, 6.45) is 0.339. The minimum absolute atomic E-state index is 0.313. The van der Waals surface area contributed by atoms with Crippen molar-refractivity contribution < 1.29 is 14.3 Å². The molecule has 0 saturated carbocycles. The largest absolute Gasteiger partial charge is 0.467 e. The third-order valence-electron chi connectivity index (χ3n) is 3.25. The zero-order chi connectivity index (χ0) is 15.9. The van der Waals surface area contributed by atoms with Crippen LogP contribution < -0.4 is 11.1 Å². The van der Waals surface area contributed by atoms with Gasteiger partial charge in [0, 0.05) is 17.7 Å². The highest BCUT2D eigenvalue weighted by molar-refractivity contribution is 5.96. The molecule has 0 saturated heterocycles. The molecule has 0 radical (unpaired) electrons. The summed E-state index contributed by atoms with van der Waals surface area (Å²) in [7, 11) is 1.30. The van der Waals surface area contributed by atoms with Crippen LogP contribution in [0.2, 0.25) is 0 Å². The number of benzene rings is 2. The van der Waals surface area contributed by atoms with Gasteiger partial charge >= 0.3 is 5.97 Å². The van der Waals surface area contributed by atoms with Gasteiger partial charge in [0.25, 0.3) is 5.91 Å². The highest BCUT2D eigenvalue weighted by Gasteiger charge is 2.22. The fourth-order valence-electron chi connectivity index (χ4n) is 2.06. The first-order valence-electron chi connectivity index (χ1n) is 6.88. The first-order valence-corrected chi connectivity index (χ1v) is 6.88. The first kappa shape index (κ1) is 15.6. The quantitative estimate of drug-likeness (QED) is 0.651. The van der Waals surface area contributed by atoms with Crippen molar-refractivity contribution in [2.75, 3.05) is 12.8 Å². The summed E-state index contributed by atoms with van der Waals surface area (Å²) in [6, 6.07) is 15.1. The zero-order valence-corrected chi connectivity index (χ0v) is 12.3. The molecule has 0 aliphatic carbocycles. The molecule has 22 heavy (non-hydrogen) atoms. The first-order chi connectivity index (χ1) is 10.6. The lowest BCUT2D eigenvalue weighted by molar-refractivity contribution is -0.142. The van der Waals surface area contributed by atoms with Crippen LogP contribution in [0.1, 0.15) is 15.9 Å². The number of hydrogen-bond acceptors (Lipinski definition) is 4. The van der Waals surface area contributed by atoms with Gasteiger partial charge in [0.1, 0.15) is 6.04 Å². The van der Waals surface area contributed by atoms with E-state index in [1.54, 1.807) is 36.4 Å². The Labute approximate surface area is 129 Å².